The van der Waals surface area contributed by atoms with Crippen molar-refractivity contribution < 1.29 is 18.3 Å². The zero-order chi connectivity index (χ0) is 18.8. The van der Waals surface area contributed by atoms with E-state index >= 15 is 0 Å². The van der Waals surface area contributed by atoms with Crippen LogP contribution in [0.3, 0.4) is 0 Å². The van der Waals surface area contributed by atoms with Crippen molar-refractivity contribution in [2.75, 3.05) is 18.1 Å². The van der Waals surface area contributed by atoms with Crippen LogP contribution < -0.4 is 10.6 Å². The zero-order valence-corrected chi connectivity index (χ0v) is 16.2. The number of anilines is 1. The van der Waals surface area contributed by atoms with Gasteiger partial charge in [0.15, 0.2) is 15.0 Å². The van der Waals surface area contributed by atoms with Gasteiger partial charge in [-0.05, 0) is 31.5 Å². The highest BCUT2D eigenvalue weighted by atomic mass is 35.5. The number of aryl methyl sites for hydroxylation is 1. The third-order valence-electron chi connectivity index (χ3n) is 3.17. The Morgan fingerprint density at radius 1 is 1.44 bits per heavy atom. The predicted octanol–water partition coefficient (Wildman–Crippen LogP) is 2.68. The summed E-state index contributed by atoms with van der Waals surface area (Å²) in [6, 6.07) is 4.24. The minimum atomic E-state index is -3.46. The molecule has 0 bridgehead atoms. The van der Waals surface area contributed by atoms with Crippen LogP contribution in [0.15, 0.2) is 23.1 Å². The first kappa shape index (κ1) is 19.6. The molecule has 10 heteroatoms. The van der Waals surface area contributed by atoms with Crippen LogP contribution in [0.5, 0.6) is 0 Å². The lowest BCUT2D eigenvalue weighted by Gasteiger charge is -2.06. The summed E-state index contributed by atoms with van der Waals surface area (Å²) >= 11 is 7.18. The Bertz CT molecular complexity index is 894. The fourth-order valence-corrected chi connectivity index (χ4v) is 4.29. The maximum absolute atomic E-state index is 11.8. The number of aliphatic hydroxyl groups excluding tert-OH is 1. The summed E-state index contributed by atoms with van der Waals surface area (Å²) in [5.41, 5.74) is 1.30. The summed E-state index contributed by atoms with van der Waals surface area (Å²) in [6.07, 6.45) is 0.444. The molecule has 1 atom stereocenters. The number of halogens is 1. The molecule has 3 N–H and O–H groups in total. The van der Waals surface area contributed by atoms with Gasteiger partial charge in [-0.1, -0.05) is 29.0 Å². The summed E-state index contributed by atoms with van der Waals surface area (Å²) in [5.74, 6) is 0. The molecule has 1 heterocycles. The fourth-order valence-electron chi connectivity index (χ4n) is 2.03. The van der Waals surface area contributed by atoms with Gasteiger partial charge in [-0.3, -0.25) is 5.32 Å². The third kappa shape index (κ3) is 5.15. The molecule has 2 amide bonds. The Labute approximate surface area is 155 Å². The number of amides is 2. The molecule has 0 aliphatic heterocycles. The molecule has 1 aromatic heterocycles. The monoisotopic (exact) mass is 403 g/mol. The SMILES string of the molecule is Cc1nc(NC(=O)NC[C@@H](C)O)sc1-c1ccc(Cl)c(S(C)(=O)=O)c1. The van der Waals surface area contributed by atoms with Crippen molar-refractivity contribution in [3.05, 3.63) is 28.9 Å². The lowest BCUT2D eigenvalue weighted by Crippen LogP contribution is -2.34. The largest absolute Gasteiger partial charge is 0.392 e. The van der Waals surface area contributed by atoms with Gasteiger partial charge in [-0.2, -0.15) is 0 Å². The maximum Gasteiger partial charge on any atom is 0.321 e. The molecule has 2 aromatic rings. The molecule has 0 fully saturated rings. The average Bonchev–Trinajstić information content (AvgIpc) is 2.85. The zero-order valence-electron chi connectivity index (χ0n) is 13.8. The number of hydrogen-bond acceptors (Lipinski definition) is 6. The standard InChI is InChI=1S/C15H18ClN3O4S2/c1-8(20)7-17-14(21)19-15-18-9(2)13(24-15)10-4-5-11(16)12(6-10)25(3,22)23/h4-6,8,20H,7H2,1-3H3,(H2,17,18,19,21)/t8-/m1/s1. The molecule has 0 spiro atoms. The molecule has 2 rings (SSSR count). The number of sulfone groups is 1. The fraction of sp³-hybridized carbons (Fsp3) is 0.333. The summed E-state index contributed by atoms with van der Waals surface area (Å²) < 4.78 is 23.6. The normalized spacial score (nSPS) is 12.7. The van der Waals surface area contributed by atoms with E-state index in [4.69, 9.17) is 16.7 Å². The Morgan fingerprint density at radius 3 is 2.72 bits per heavy atom. The van der Waals surface area contributed by atoms with E-state index in [-0.39, 0.29) is 16.5 Å². The molecular weight excluding hydrogens is 386 g/mol. The van der Waals surface area contributed by atoms with Crippen molar-refractivity contribution in [2.24, 2.45) is 0 Å². The second-order valence-electron chi connectivity index (χ2n) is 5.53. The summed E-state index contributed by atoms with van der Waals surface area (Å²) in [7, 11) is -3.46. The quantitative estimate of drug-likeness (QED) is 0.711. The number of hydrogen-bond donors (Lipinski definition) is 3. The van der Waals surface area contributed by atoms with Crippen LogP contribution in [0.1, 0.15) is 12.6 Å². The Balaban J connectivity index is 2.27. The molecule has 0 saturated heterocycles. The average molecular weight is 404 g/mol. The summed E-state index contributed by atoms with van der Waals surface area (Å²) in [4.78, 5) is 16.8. The molecule has 136 valence electrons. The van der Waals surface area contributed by atoms with Crippen LogP contribution in [0, 0.1) is 6.92 Å². The van der Waals surface area contributed by atoms with E-state index in [1.165, 1.54) is 23.5 Å². The van der Waals surface area contributed by atoms with Crippen molar-refractivity contribution in [2.45, 2.75) is 24.8 Å². The minimum absolute atomic E-state index is 0.0450. The smallest absolute Gasteiger partial charge is 0.321 e. The van der Waals surface area contributed by atoms with Crippen molar-refractivity contribution >= 4 is 43.9 Å². The molecule has 0 aliphatic rings. The van der Waals surface area contributed by atoms with Crippen molar-refractivity contribution in [1.82, 2.24) is 10.3 Å². The Hall–Kier alpha value is -1.68. The number of benzene rings is 1. The van der Waals surface area contributed by atoms with Crippen molar-refractivity contribution in [1.29, 1.82) is 0 Å². The topological polar surface area (TPSA) is 108 Å². The van der Waals surface area contributed by atoms with E-state index in [1.54, 1.807) is 19.9 Å². The predicted molar refractivity (Wildman–Crippen MR) is 99.1 cm³/mol. The number of aliphatic hydroxyl groups is 1. The van der Waals surface area contributed by atoms with Gasteiger partial charge in [0.1, 0.15) is 0 Å². The van der Waals surface area contributed by atoms with Crippen molar-refractivity contribution in [3.8, 4) is 10.4 Å². The molecule has 0 unspecified atom stereocenters. The number of thiazole rings is 1. The van der Waals surface area contributed by atoms with E-state index in [0.29, 0.717) is 16.4 Å². The maximum atomic E-state index is 11.8. The second kappa shape index (κ2) is 7.69. The first-order valence-electron chi connectivity index (χ1n) is 7.28. The Morgan fingerprint density at radius 2 is 2.12 bits per heavy atom. The number of urea groups is 1. The molecule has 1 aromatic carbocycles. The number of nitrogens with zero attached hydrogens (tertiary/aromatic N) is 1. The van der Waals surface area contributed by atoms with Gasteiger partial charge in [0.25, 0.3) is 0 Å². The number of rotatable bonds is 5. The van der Waals surface area contributed by atoms with Crippen LogP contribution in [-0.2, 0) is 9.84 Å². The van der Waals surface area contributed by atoms with Gasteiger partial charge in [-0.15, -0.1) is 0 Å². The van der Waals surface area contributed by atoms with E-state index in [9.17, 15) is 13.2 Å². The number of carbonyl (C=O) groups excluding carboxylic acids is 1. The van der Waals surface area contributed by atoms with E-state index in [0.717, 1.165) is 11.1 Å². The van der Waals surface area contributed by atoms with Crippen LogP contribution in [0.2, 0.25) is 5.02 Å². The summed E-state index contributed by atoms with van der Waals surface area (Å²) in [6.45, 7) is 3.45. The third-order valence-corrected chi connectivity index (χ3v) is 5.87. The summed E-state index contributed by atoms with van der Waals surface area (Å²) in [5, 5.41) is 14.8. The van der Waals surface area contributed by atoms with Crippen LogP contribution in [0.4, 0.5) is 9.93 Å². The van der Waals surface area contributed by atoms with E-state index < -0.39 is 22.0 Å². The first-order chi connectivity index (χ1) is 11.6. The molecule has 0 aliphatic carbocycles. The van der Waals surface area contributed by atoms with Gasteiger partial charge in [0.05, 0.1) is 26.6 Å². The van der Waals surface area contributed by atoms with Gasteiger partial charge in [-0.25, -0.2) is 18.2 Å². The highest BCUT2D eigenvalue weighted by Gasteiger charge is 2.17. The highest BCUT2D eigenvalue weighted by molar-refractivity contribution is 7.90. The number of carbonyl (C=O) groups is 1. The van der Waals surface area contributed by atoms with Crippen molar-refractivity contribution in [3.63, 3.8) is 0 Å². The minimum Gasteiger partial charge on any atom is -0.392 e. The molecule has 0 radical (unpaired) electrons. The lowest BCUT2D eigenvalue weighted by atomic mass is 10.2. The van der Waals surface area contributed by atoms with Gasteiger partial charge < -0.3 is 10.4 Å². The van der Waals surface area contributed by atoms with E-state index in [2.05, 4.69) is 15.6 Å². The van der Waals surface area contributed by atoms with E-state index in [1.807, 2.05) is 0 Å². The molecule has 25 heavy (non-hydrogen) atoms. The second-order valence-corrected chi connectivity index (χ2v) is 8.93. The first-order valence-corrected chi connectivity index (χ1v) is 10.4. The lowest BCUT2D eigenvalue weighted by molar-refractivity contribution is 0.190. The van der Waals surface area contributed by atoms with Gasteiger partial charge in [0, 0.05) is 12.8 Å². The Kier molecular flexibility index (Phi) is 6.04. The number of aromatic nitrogens is 1. The molecule has 0 saturated carbocycles. The molecule has 7 nitrogen and oxygen atoms in total. The molecular formula is C15H18ClN3O4S2. The van der Waals surface area contributed by atoms with Crippen LogP contribution in [0.25, 0.3) is 10.4 Å². The highest BCUT2D eigenvalue weighted by Crippen LogP contribution is 2.35. The van der Waals surface area contributed by atoms with Crippen LogP contribution in [-0.4, -0.2) is 43.4 Å². The van der Waals surface area contributed by atoms with Crippen LogP contribution >= 0.6 is 22.9 Å². The van der Waals surface area contributed by atoms with Gasteiger partial charge in [0.2, 0.25) is 0 Å². The number of nitrogens with one attached hydrogen (secondary N) is 2. The van der Waals surface area contributed by atoms with Gasteiger partial charge >= 0.3 is 6.03 Å².